The van der Waals surface area contributed by atoms with Crippen LogP contribution in [-0.2, 0) is 10.1 Å². The molecule has 1 aromatic rings. The number of hydrogen-bond acceptors (Lipinski definition) is 2. The molecule has 0 radical (unpaired) electrons. The minimum atomic E-state index is -4.04. The van der Waals surface area contributed by atoms with Gasteiger partial charge < -0.3 is 0 Å². The molecule has 1 unspecified atom stereocenters. The number of aromatic nitrogens is 1. The van der Waals surface area contributed by atoms with Crippen LogP contribution >= 0.6 is 0 Å². The van der Waals surface area contributed by atoms with Gasteiger partial charge in [0.15, 0.2) is 11.9 Å². The van der Waals surface area contributed by atoms with Crippen molar-refractivity contribution in [2.24, 2.45) is 0 Å². The van der Waals surface area contributed by atoms with E-state index >= 15 is 0 Å². The molecule has 1 heterocycles. The van der Waals surface area contributed by atoms with Crippen molar-refractivity contribution < 1.29 is 17.5 Å². The number of hydrogen-bond donors (Lipinski definition) is 1. The molecule has 0 bridgehead atoms. The van der Waals surface area contributed by atoms with Gasteiger partial charge in [-0.3, -0.25) is 4.55 Å². The van der Waals surface area contributed by atoms with E-state index in [4.69, 9.17) is 4.55 Å². The van der Waals surface area contributed by atoms with Gasteiger partial charge in [0.05, 0.1) is 0 Å². The molecule has 1 aromatic heterocycles. The third kappa shape index (κ3) is 2.76. The summed E-state index contributed by atoms with van der Waals surface area (Å²) in [4.78, 5) is 0. The first kappa shape index (κ1) is 12.1. The third-order valence-corrected chi connectivity index (χ3v) is 3.59. The number of nitrogens with zero attached hydrogens (tertiary/aromatic N) is 1. The molecule has 84 valence electrons. The van der Waals surface area contributed by atoms with Gasteiger partial charge in [-0.15, -0.1) is 0 Å². The summed E-state index contributed by atoms with van der Waals surface area (Å²) in [5, 5.41) is -0.891. The molecule has 1 N–H and O–H groups in total. The quantitative estimate of drug-likeness (QED) is 0.630. The van der Waals surface area contributed by atoms with Crippen molar-refractivity contribution in [1.82, 2.24) is 0 Å². The molecule has 1 atom stereocenters. The first-order chi connectivity index (χ1) is 6.86. The van der Waals surface area contributed by atoms with Gasteiger partial charge in [-0.25, -0.2) is 0 Å². The molecule has 0 aliphatic heterocycles. The fourth-order valence-corrected chi connectivity index (χ4v) is 2.59. The molecule has 0 saturated carbocycles. The second-order valence-electron chi connectivity index (χ2n) is 3.63. The summed E-state index contributed by atoms with van der Waals surface area (Å²) < 4.78 is 32.9. The van der Waals surface area contributed by atoms with E-state index in [-0.39, 0.29) is 0 Å². The largest absolute Gasteiger partial charge is 0.329 e. The minimum Gasteiger partial charge on any atom is -0.280 e. The smallest absolute Gasteiger partial charge is 0.280 e. The second kappa shape index (κ2) is 4.28. The Balaban J connectivity index is 3.25. The Morgan fingerprint density at radius 1 is 1.47 bits per heavy atom. The van der Waals surface area contributed by atoms with Crippen molar-refractivity contribution in [2.45, 2.75) is 32.6 Å². The summed E-state index contributed by atoms with van der Waals surface area (Å²) in [6.07, 6.45) is 2.03. The van der Waals surface area contributed by atoms with E-state index in [9.17, 15) is 8.42 Å². The Morgan fingerprint density at radius 3 is 2.47 bits per heavy atom. The summed E-state index contributed by atoms with van der Waals surface area (Å²) in [6.45, 7) is 5.48. The molecule has 0 saturated heterocycles. The van der Waals surface area contributed by atoms with E-state index in [1.807, 2.05) is 26.0 Å². The number of pyridine rings is 1. The van der Waals surface area contributed by atoms with Gasteiger partial charge in [-0.05, 0) is 12.5 Å². The van der Waals surface area contributed by atoms with E-state index in [0.717, 1.165) is 11.3 Å². The van der Waals surface area contributed by atoms with Crippen LogP contribution in [0.1, 0.15) is 30.0 Å². The van der Waals surface area contributed by atoms with Crippen molar-refractivity contribution in [2.75, 3.05) is 0 Å². The first-order valence-corrected chi connectivity index (χ1v) is 6.31. The molecule has 0 aromatic carbocycles. The molecule has 0 aliphatic carbocycles. The molecule has 4 nitrogen and oxygen atoms in total. The van der Waals surface area contributed by atoms with Crippen molar-refractivity contribution in [3.05, 3.63) is 29.6 Å². The fourth-order valence-electron chi connectivity index (χ4n) is 1.64. The zero-order chi connectivity index (χ0) is 11.6. The van der Waals surface area contributed by atoms with Gasteiger partial charge in [0.2, 0.25) is 0 Å². The topological polar surface area (TPSA) is 58.2 Å². The van der Waals surface area contributed by atoms with Crippen LogP contribution in [0.15, 0.2) is 18.3 Å². The van der Waals surface area contributed by atoms with Gasteiger partial charge in [0, 0.05) is 25.5 Å². The van der Waals surface area contributed by atoms with Gasteiger partial charge in [0.25, 0.3) is 5.37 Å². The van der Waals surface area contributed by atoms with Crippen LogP contribution in [0.25, 0.3) is 0 Å². The highest BCUT2D eigenvalue weighted by atomic mass is 32.2. The summed E-state index contributed by atoms with van der Waals surface area (Å²) >= 11 is 0. The van der Waals surface area contributed by atoms with Gasteiger partial charge >= 0.3 is 10.1 Å². The number of aryl methyl sites for hydroxylation is 2. The molecule has 5 heteroatoms. The molecule has 15 heavy (non-hydrogen) atoms. The Kier molecular flexibility index (Phi) is 3.46. The first-order valence-electron chi connectivity index (χ1n) is 4.81. The van der Waals surface area contributed by atoms with Crippen LogP contribution in [0, 0.1) is 13.8 Å². The lowest BCUT2D eigenvalue weighted by Crippen LogP contribution is -2.45. The predicted octanol–water partition coefficient (Wildman–Crippen LogP) is 1.39. The van der Waals surface area contributed by atoms with Crippen molar-refractivity contribution in [3.8, 4) is 0 Å². The second-order valence-corrected chi connectivity index (χ2v) is 5.20. The Hall–Kier alpha value is -0.940. The van der Waals surface area contributed by atoms with Crippen LogP contribution in [-0.4, -0.2) is 13.0 Å². The standard InChI is InChI=1S/C10H15NO3S/c1-4-10(15(12,13)14)11-6-5-8(2)7-9(11)3/h5-7,10H,4H2,1-3H3/p+1. The Bertz CT molecular complexity index is 454. The minimum absolute atomic E-state index is 0.341. The van der Waals surface area contributed by atoms with E-state index in [1.54, 1.807) is 17.7 Å². The van der Waals surface area contributed by atoms with E-state index < -0.39 is 15.5 Å². The van der Waals surface area contributed by atoms with Crippen molar-refractivity contribution in [3.63, 3.8) is 0 Å². The maximum absolute atomic E-state index is 11.1. The lowest BCUT2D eigenvalue weighted by Gasteiger charge is -2.09. The predicted molar refractivity (Wildman–Crippen MR) is 57.0 cm³/mol. The highest BCUT2D eigenvalue weighted by Crippen LogP contribution is 2.11. The summed E-state index contributed by atoms with van der Waals surface area (Å²) in [6, 6.07) is 3.70. The zero-order valence-electron chi connectivity index (χ0n) is 9.14. The average Bonchev–Trinajstić information content (AvgIpc) is 2.07. The van der Waals surface area contributed by atoms with Crippen LogP contribution in [0.2, 0.25) is 0 Å². The normalized spacial score (nSPS) is 13.9. The lowest BCUT2D eigenvalue weighted by molar-refractivity contribution is -0.708. The maximum Gasteiger partial charge on any atom is 0.329 e. The summed E-state index contributed by atoms with van der Waals surface area (Å²) in [5.41, 5.74) is 1.88. The highest BCUT2D eigenvalue weighted by Gasteiger charge is 2.31. The Morgan fingerprint density at radius 2 is 2.07 bits per heavy atom. The summed E-state index contributed by atoms with van der Waals surface area (Å²) in [5.74, 6) is 0. The molecule has 0 fully saturated rings. The third-order valence-electron chi connectivity index (χ3n) is 2.35. The molecule has 0 spiro atoms. The van der Waals surface area contributed by atoms with Gasteiger partial charge in [0.1, 0.15) is 0 Å². The molecule has 0 amide bonds. The van der Waals surface area contributed by atoms with Crippen LogP contribution in [0.4, 0.5) is 0 Å². The highest BCUT2D eigenvalue weighted by molar-refractivity contribution is 7.85. The van der Waals surface area contributed by atoms with Crippen molar-refractivity contribution >= 4 is 10.1 Å². The Labute approximate surface area is 90.3 Å². The van der Waals surface area contributed by atoms with Crippen LogP contribution in [0.3, 0.4) is 0 Å². The van der Waals surface area contributed by atoms with E-state index in [2.05, 4.69) is 0 Å². The van der Waals surface area contributed by atoms with Gasteiger partial charge in [-0.1, -0.05) is 6.92 Å². The monoisotopic (exact) mass is 230 g/mol. The van der Waals surface area contributed by atoms with Crippen molar-refractivity contribution in [1.29, 1.82) is 0 Å². The molecular weight excluding hydrogens is 214 g/mol. The molecular formula is C10H16NO3S+. The SMILES string of the molecule is CCC([n+]1ccc(C)cc1C)S(=O)(=O)O. The maximum atomic E-state index is 11.1. The average molecular weight is 230 g/mol. The van der Waals surface area contributed by atoms with E-state index in [0.29, 0.717) is 6.42 Å². The summed E-state index contributed by atoms with van der Waals surface area (Å²) in [7, 11) is -4.04. The van der Waals surface area contributed by atoms with Crippen LogP contribution < -0.4 is 4.57 Å². The van der Waals surface area contributed by atoms with Gasteiger partial charge in [-0.2, -0.15) is 13.0 Å². The zero-order valence-corrected chi connectivity index (χ0v) is 9.95. The van der Waals surface area contributed by atoms with Crippen LogP contribution in [0.5, 0.6) is 0 Å². The molecule has 0 aliphatic rings. The lowest BCUT2D eigenvalue weighted by atomic mass is 10.2. The van der Waals surface area contributed by atoms with E-state index in [1.165, 1.54) is 0 Å². The fraction of sp³-hybridized carbons (Fsp3) is 0.500. The number of rotatable bonds is 3. The molecule has 1 rings (SSSR count).